The summed E-state index contributed by atoms with van der Waals surface area (Å²) in [5.41, 5.74) is 5.46. The second-order valence-electron chi connectivity index (χ2n) is 5.78. The maximum atomic E-state index is 12.2. The van der Waals surface area contributed by atoms with Gasteiger partial charge in [-0.1, -0.05) is 35.9 Å². The molecule has 4 nitrogen and oxygen atoms in total. The molecule has 0 bridgehead atoms. The van der Waals surface area contributed by atoms with Crippen LogP contribution in [0.3, 0.4) is 0 Å². The Labute approximate surface area is 141 Å². The number of rotatable bonds is 3. The summed E-state index contributed by atoms with van der Waals surface area (Å²) in [6.07, 6.45) is 0. The molecule has 1 aromatic heterocycles. The first-order valence-electron chi connectivity index (χ1n) is 7.74. The number of hydrogen-bond acceptors (Lipinski definition) is 4. The molecule has 1 heterocycles. The number of carbonyl (C=O) groups is 1. The van der Waals surface area contributed by atoms with Crippen molar-refractivity contribution in [2.24, 2.45) is 0 Å². The zero-order valence-corrected chi connectivity index (χ0v) is 13.9. The number of hydrogen-bond donors (Lipinski definition) is 0. The van der Waals surface area contributed by atoms with E-state index in [0.717, 1.165) is 27.9 Å². The van der Waals surface area contributed by atoms with Gasteiger partial charge in [-0.15, -0.1) is 10.2 Å². The van der Waals surface area contributed by atoms with E-state index in [2.05, 4.69) is 28.4 Å². The molecule has 0 saturated heterocycles. The molecular weight excluding hydrogens is 300 g/mol. The standard InChI is InChI=1S/C20H18N2O2/c1-13-8-9-15(3)17(12-13)18-10-11-19(22-21-18)24-20(23)16-7-5-4-6-14(16)2/h4-12H,1-3H3. The molecule has 4 heteroatoms. The van der Waals surface area contributed by atoms with Crippen LogP contribution in [-0.2, 0) is 0 Å². The number of carbonyl (C=O) groups excluding carboxylic acids is 1. The van der Waals surface area contributed by atoms with Crippen LogP contribution in [-0.4, -0.2) is 16.2 Å². The summed E-state index contributed by atoms with van der Waals surface area (Å²) in [7, 11) is 0. The highest BCUT2D eigenvalue weighted by Gasteiger charge is 2.12. The van der Waals surface area contributed by atoms with Gasteiger partial charge in [0.1, 0.15) is 0 Å². The Hall–Kier alpha value is -3.01. The molecule has 0 aliphatic rings. The molecule has 0 fully saturated rings. The number of nitrogens with zero attached hydrogens (tertiary/aromatic N) is 2. The van der Waals surface area contributed by atoms with E-state index in [4.69, 9.17) is 4.74 Å². The number of aryl methyl sites for hydroxylation is 3. The Morgan fingerprint density at radius 3 is 2.38 bits per heavy atom. The van der Waals surface area contributed by atoms with Crippen LogP contribution >= 0.6 is 0 Å². The van der Waals surface area contributed by atoms with E-state index in [1.165, 1.54) is 0 Å². The fourth-order valence-corrected chi connectivity index (χ4v) is 2.48. The number of benzene rings is 2. The summed E-state index contributed by atoms with van der Waals surface area (Å²) in [5, 5.41) is 8.22. The van der Waals surface area contributed by atoms with E-state index in [-0.39, 0.29) is 5.88 Å². The maximum Gasteiger partial charge on any atom is 0.345 e. The lowest BCUT2D eigenvalue weighted by Crippen LogP contribution is -2.11. The second kappa shape index (κ2) is 6.62. The van der Waals surface area contributed by atoms with Crippen molar-refractivity contribution in [3.63, 3.8) is 0 Å². The molecule has 0 spiro atoms. The van der Waals surface area contributed by atoms with Gasteiger partial charge in [0.2, 0.25) is 5.88 Å². The molecular formula is C20H18N2O2. The Balaban J connectivity index is 1.81. The highest BCUT2D eigenvalue weighted by Crippen LogP contribution is 2.23. The normalized spacial score (nSPS) is 10.5. The first kappa shape index (κ1) is 15.9. The van der Waals surface area contributed by atoms with Crippen LogP contribution < -0.4 is 4.74 Å². The van der Waals surface area contributed by atoms with Gasteiger partial charge in [0.15, 0.2) is 0 Å². The Morgan fingerprint density at radius 2 is 1.67 bits per heavy atom. The first-order chi connectivity index (χ1) is 11.5. The molecule has 0 saturated carbocycles. The lowest BCUT2D eigenvalue weighted by molar-refractivity contribution is 0.0725. The molecule has 2 aromatic carbocycles. The molecule has 0 unspecified atom stereocenters. The summed E-state index contributed by atoms with van der Waals surface area (Å²) < 4.78 is 5.31. The SMILES string of the molecule is Cc1ccc(C)c(-c2ccc(OC(=O)c3ccccc3C)nn2)c1. The zero-order valence-electron chi connectivity index (χ0n) is 13.9. The van der Waals surface area contributed by atoms with Crippen LogP contribution in [0.1, 0.15) is 27.0 Å². The topological polar surface area (TPSA) is 52.1 Å². The van der Waals surface area contributed by atoms with Gasteiger partial charge >= 0.3 is 5.97 Å². The summed E-state index contributed by atoms with van der Waals surface area (Å²) in [5.74, 6) is -0.237. The molecule has 120 valence electrons. The fraction of sp³-hybridized carbons (Fsp3) is 0.150. The predicted molar refractivity (Wildman–Crippen MR) is 93.1 cm³/mol. The first-order valence-corrected chi connectivity index (χ1v) is 7.74. The lowest BCUT2D eigenvalue weighted by Gasteiger charge is -2.08. The molecule has 0 N–H and O–H groups in total. The number of esters is 1. The minimum atomic E-state index is -0.429. The van der Waals surface area contributed by atoms with Gasteiger partial charge < -0.3 is 4.74 Å². The highest BCUT2D eigenvalue weighted by molar-refractivity contribution is 5.92. The fourth-order valence-electron chi connectivity index (χ4n) is 2.48. The third-order valence-electron chi connectivity index (χ3n) is 3.87. The van der Waals surface area contributed by atoms with Crippen LogP contribution in [0, 0.1) is 20.8 Å². The molecule has 3 aromatic rings. The van der Waals surface area contributed by atoms with Crippen molar-refractivity contribution in [3.05, 3.63) is 76.9 Å². The molecule has 0 aliphatic carbocycles. The lowest BCUT2D eigenvalue weighted by atomic mass is 10.0. The van der Waals surface area contributed by atoms with Gasteiger partial charge in [-0.25, -0.2) is 4.79 Å². The Kier molecular flexibility index (Phi) is 4.38. The van der Waals surface area contributed by atoms with Crippen LogP contribution in [0.2, 0.25) is 0 Å². The van der Waals surface area contributed by atoms with E-state index in [0.29, 0.717) is 5.56 Å². The quantitative estimate of drug-likeness (QED) is 0.676. The van der Waals surface area contributed by atoms with Gasteiger partial charge in [0, 0.05) is 11.6 Å². The van der Waals surface area contributed by atoms with Gasteiger partial charge in [0.25, 0.3) is 0 Å². The largest absolute Gasteiger partial charge is 0.402 e. The third-order valence-corrected chi connectivity index (χ3v) is 3.87. The average Bonchev–Trinajstić information content (AvgIpc) is 2.58. The maximum absolute atomic E-state index is 12.2. The minimum Gasteiger partial charge on any atom is -0.402 e. The minimum absolute atomic E-state index is 0.192. The van der Waals surface area contributed by atoms with Crippen molar-refractivity contribution in [1.29, 1.82) is 0 Å². The van der Waals surface area contributed by atoms with Crippen LogP contribution in [0.25, 0.3) is 11.3 Å². The van der Waals surface area contributed by atoms with E-state index < -0.39 is 5.97 Å². The Bertz CT molecular complexity index is 886. The molecule has 0 atom stereocenters. The van der Waals surface area contributed by atoms with Crippen molar-refractivity contribution in [2.75, 3.05) is 0 Å². The summed E-state index contributed by atoms with van der Waals surface area (Å²) in [6.45, 7) is 5.93. The highest BCUT2D eigenvalue weighted by atomic mass is 16.5. The van der Waals surface area contributed by atoms with E-state index in [1.807, 2.05) is 39.0 Å². The van der Waals surface area contributed by atoms with Crippen molar-refractivity contribution >= 4 is 5.97 Å². The van der Waals surface area contributed by atoms with Crippen molar-refractivity contribution in [3.8, 4) is 17.1 Å². The van der Waals surface area contributed by atoms with E-state index >= 15 is 0 Å². The molecule has 24 heavy (non-hydrogen) atoms. The van der Waals surface area contributed by atoms with E-state index in [9.17, 15) is 4.79 Å². The van der Waals surface area contributed by atoms with Crippen LogP contribution in [0.5, 0.6) is 5.88 Å². The van der Waals surface area contributed by atoms with Gasteiger partial charge in [-0.2, -0.15) is 0 Å². The van der Waals surface area contributed by atoms with Crippen LogP contribution in [0.15, 0.2) is 54.6 Å². The van der Waals surface area contributed by atoms with E-state index in [1.54, 1.807) is 18.2 Å². The molecule has 0 radical (unpaired) electrons. The summed E-state index contributed by atoms with van der Waals surface area (Å²) in [4.78, 5) is 12.2. The monoisotopic (exact) mass is 318 g/mol. The summed E-state index contributed by atoms with van der Waals surface area (Å²) in [6, 6.07) is 16.9. The molecule has 0 amide bonds. The average molecular weight is 318 g/mol. The van der Waals surface area contributed by atoms with Crippen molar-refractivity contribution in [2.45, 2.75) is 20.8 Å². The number of ether oxygens (including phenoxy) is 1. The van der Waals surface area contributed by atoms with Crippen LogP contribution in [0.4, 0.5) is 0 Å². The van der Waals surface area contributed by atoms with Crippen molar-refractivity contribution in [1.82, 2.24) is 10.2 Å². The van der Waals surface area contributed by atoms with Gasteiger partial charge in [-0.3, -0.25) is 0 Å². The number of aromatic nitrogens is 2. The molecule has 3 rings (SSSR count). The second-order valence-corrected chi connectivity index (χ2v) is 5.78. The van der Waals surface area contributed by atoms with Crippen molar-refractivity contribution < 1.29 is 9.53 Å². The molecule has 0 aliphatic heterocycles. The van der Waals surface area contributed by atoms with Gasteiger partial charge in [0.05, 0.1) is 11.3 Å². The Morgan fingerprint density at radius 1 is 0.875 bits per heavy atom. The summed E-state index contributed by atoms with van der Waals surface area (Å²) >= 11 is 0. The third kappa shape index (κ3) is 3.33. The smallest absolute Gasteiger partial charge is 0.345 e. The van der Waals surface area contributed by atoms with Gasteiger partial charge in [-0.05, 0) is 50.1 Å². The zero-order chi connectivity index (χ0) is 17.1. The predicted octanol–water partition coefficient (Wildman–Crippen LogP) is 4.29.